The van der Waals surface area contributed by atoms with E-state index >= 15 is 0 Å². The van der Waals surface area contributed by atoms with Crippen LogP contribution in [0.2, 0.25) is 0 Å². The van der Waals surface area contributed by atoms with E-state index in [1.165, 1.54) is 16.7 Å². The van der Waals surface area contributed by atoms with Crippen LogP contribution < -0.4 is 10.5 Å². The third-order valence-electron chi connectivity index (χ3n) is 4.01. The lowest BCUT2D eigenvalue weighted by atomic mass is 9.97. The highest BCUT2D eigenvalue weighted by Crippen LogP contribution is 2.34. The first kappa shape index (κ1) is 13.2. The van der Waals surface area contributed by atoms with E-state index in [4.69, 9.17) is 10.5 Å². The SMILES string of the molecule is Cc1ccc(CCC(N)c2cccc3c2OCC3)cc1. The van der Waals surface area contributed by atoms with Crippen LogP contribution in [0, 0.1) is 6.92 Å². The van der Waals surface area contributed by atoms with Gasteiger partial charge in [-0.3, -0.25) is 0 Å². The van der Waals surface area contributed by atoms with Gasteiger partial charge in [0.1, 0.15) is 5.75 Å². The van der Waals surface area contributed by atoms with E-state index in [0.29, 0.717) is 0 Å². The highest BCUT2D eigenvalue weighted by atomic mass is 16.5. The molecule has 3 rings (SSSR count). The monoisotopic (exact) mass is 267 g/mol. The van der Waals surface area contributed by atoms with E-state index in [0.717, 1.165) is 37.2 Å². The van der Waals surface area contributed by atoms with Gasteiger partial charge in [0.15, 0.2) is 0 Å². The largest absolute Gasteiger partial charge is 0.493 e. The number of aryl methyl sites for hydroxylation is 2. The fourth-order valence-electron chi connectivity index (χ4n) is 2.77. The van der Waals surface area contributed by atoms with Crippen LogP contribution in [0.25, 0.3) is 0 Å². The first-order valence-corrected chi connectivity index (χ1v) is 7.30. The Morgan fingerprint density at radius 1 is 1.15 bits per heavy atom. The molecule has 0 aliphatic carbocycles. The van der Waals surface area contributed by atoms with Gasteiger partial charge in [-0.25, -0.2) is 0 Å². The van der Waals surface area contributed by atoms with Crippen molar-refractivity contribution in [3.8, 4) is 5.75 Å². The molecule has 1 aliphatic heterocycles. The molecule has 0 saturated heterocycles. The molecule has 0 fully saturated rings. The molecule has 0 amide bonds. The maximum absolute atomic E-state index is 6.37. The summed E-state index contributed by atoms with van der Waals surface area (Å²) in [6.07, 6.45) is 2.96. The number of fused-ring (bicyclic) bond motifs is 1. The summed E-state index contributed by atoms with van der Waals surface area (Å²) < 4.78 is 5.74. The van der Waals surface area contributed by atoms with Gasteiger partial charge in [0.05, 0.1) is 6.61 Å². The van der Waals surface area contributed by atoms with Gasteiger partial charge in [0.25, 0.3) is 0 Å². The fraction of sp³-hybridized carbons (Fsp3) is 0.333. The second-order valence-corrected chi connectivity index (χ2v) is 5.56. The van der Waals surface area contributed by atoms with Gasteiger partial charge in [-0.05, 0) is 30.9 Å². The average Bonchev–Trinajstić information content (AvgIpc) is 2.94. The molecule has 1 atom stereocenters. The minimum Gasteiger partial charge on any atom is -0.493 e. The van der Waals surface area contributed by atoms with Crippen molar-refractivity contribution in [3.05, 3.63) is 64.7 Å². The lowest BCUT2D eigenvalue weighted by Gasteiger charge is -2.15. The normalized spacial score (nSPS) is 14.7. The molecule has 2 aromatic rings. The van der Waals surface area contributed by atoms with Crippen LogP contribution in [-0.4, -0.2) is 6.61 Å². The standard InChI is InChI=1S/C18H21NO/c1-13-5-7-14(8-6-13)9-10-17(19)16-4-2-3-15-11-12-20-18(15)16/h2-8,17H,9-12,19H2,1H3. The van der Waals surface area contributed by atoms with Gasteiger partial charge in [-0.2, -0.15) is 0 Å². The molecule has 0 spiro atoms. The molecule has 2 N–H and O–H groups in total. The Hall–Kier alpha value is -1.80. The predicted octanol–water partition coefficient (Wildman–Crippen LogP) is 3.56. The van der Waals surface area contributed by atoms with E-state index in [9.17, 15) is 0 Å². The quantitative estimate of drug-likeness (QED) is 0.919. The Balaban J connectivity index is 1.69. The minimum absolute atomic E-state index is 0.0457. The molecule has 0 radical (unpaired) electrons. The van der Waals surface area contributed by atoms with Crippen LogP contribution in [0.1, 0.15) is 34.7 Å². The van der Waals surface area contributed by atoms with E-state index in [-0.39, 0.29) is 6.04 Å². The Morgan fingerprint density at radius 3 is 2.75 bits per heavy atom. The zero-order valence-corrected chi connectivity index (χ0v) is 11.9. The average molecular weight is 267 g/mol. The van der Waals surface area contributed by atoms with Gasteiger partial charge in [-0.1, -0.05) is 48.0 Å². The molecular formula is C18H21NO. The van der Waals surface area contributed by atoms with Crippen LogP contribution in [-0.2, 0) is 12.8 Å². The van der Waals surface area contributed by atoms with Gasteiger partial charge in [0.2, 0.25) is 0 Å². The van der Waals surface area contributed by atoms with Gasteiger partial charge in [0, 0.05) is 18.0 Å². The molecule has 20 heavy (non-hydrogen) atoms. The molecule has 2 heteroatoms. The summed E-state index contributed by atoms with van der Waals surface area (Å²) in [7, 11) is 0. The zero-order valence-electron chi connectivity index (χ0n) is 11.9. The van der Waals surface area contributed by atoms with Crippen LogP contribution >= 0.6 is 0 Å². The number of nitrogens with two attached hydrogens (primary N) is 1. The molecule has 104 valence electrons. The van der Waals surface area contributed by atoms with E-state index in [1.807, 2.05) is 0 Å². The second-order valence-electron chi connectivity index (χ2n) is 5.56. The zero-order chi connectivity index (χ0) is 13.9. The van der Waals surface area contributed by atoms with E-state index in [1.54, 1.807) is 0 Å². The summed E-state index contributed by atoms with van der Waals surface area (Å²) in [5, 5.41) is 0. The minimum atomic E-state index is 0.0457. The van der Waals surface area contributed by atoms with E-state index in [2.05, 4.69) is 49.4 Å². The Labute approximate surface area is 120 Å². The molecule has 0 saturated carbocycles. The number of ether oxygens (including phenoxy) is 1. The number of hydrogen-bond donors (Lipinski definition) is 1. The summed E-state index contributed by atoms with van der Waals surface area (Å²) in [6, 6.07) is 15.1. The lowest BCUT2D eigenvalue weighted by Crippen LogP contribution is -2.12. The van der Waals surface area contributed by atoms with E-state index < -0.39 is 0 Å². The van der Waals surface area contributed by atoms with Gasteiger partial charge in [-0.15, -0.1) is 0 Å². The Kier molecular flexibility index (Phi) is 3.75. The van der Waals surface area contributed by atoms with Crippen LogP contribution in [0.4, 0.5) is 0 Å². The number of rotatable bonds is 4. The van der Waals surface area contributed by atoms with Crippen LogP contribution in [0.5, 0.6) is 5.75 Å². The van der Waals surface area contributed by atoms with Crippen molar-refractivity contribution in [2.45, 2.75) is 32.2 Å². The molecule has 2 nitrogen and oxygen atoms in total. The third kappa shape index (κ3) is 2.70. The number of benzene rings is 2. The molecule has 1 unspecified atom stereocenters. The predicted molar refractivity (Wildman–Crippen MR) is 82.1 cm³/mol. The summed E-state index contributed by atoms with van der Waals surface area (Å²) in [5.41, 5.74) is 11.5. The van der Waals surface area contributed by atoms with Crippen molar-refractivity contribution in [3.63, 3.8) is 0 Å². The third-order valence-corrected chi connectivity index (χ3v) is 4.01. The molecule has 1 heterocycles. The van der Waals surface area contributed by atoms with Gasteiger partial charge >= 0.3 is 0 Å². The highest BCUT2D eigenvalue weighted by Gasteiger charge is 2.19. The topological polar surface area (TPSA) is 35.2 Å². The first-order chi connectivity index (χ1) is 9.74. The molecular weight excluding hydrogens is 246 g/mol. The van der Waals surface area contributed by atoms with Crippen LogP contribution in [0.3, 0.4) is 0 Å². The van der Waals surface area contributed by atoms with Crippen molar-refractivity contribution in [1.82, 2.24) is 0 Å². The molecule has 0 aromatic heterocycles. The maximum Gasteiger partial charge on any atom is 0.127 e. The number of para-hydroxylation sites is 1. The second kappa shape index (κ2) is 5.68. The summed E-state index contributed by atoms with van der Waals surface area (Å²) in [6.45, 7) is 2.90. The lowest BCUT2D eigenvalue weighted by molar-refractivity contribution is 0.350. The van der Waals surface area contributed by atoms with Crippen molar-refractivity contribution >= 4 is 0 Å². The maximum atomic E-state index is 6.37. The molecule has 0 bridgehead atoms. The van der Waals surface area contributed by atoms with Gasteiger partial charge < -0.3 is 10.5 Å². The summed E-state index contributed by atoms with van der Waals surface area (Å²) in [5.74, 6) is 1.03. The van der Waals surface area contributed by atoms with Crippen molar-refractivity contribution in [2.24, 2.45) is 5.73 Å². The first-order valence-electron chi connectivity index (χ1n) is 7.30. The Bertz CT molecular complexity index is 589. The van der Waals surface area contributed by atoms with Crippen molar-refractivity contribution in [2.75, 3.05) is 6.61 Å². The fourth-order valence-corrected chi connectivity index (χ4v) is 2.77. The smallest absolute Gasteiger partial charge is 0.127 e. The Morgan fingerprint density at radius 2 is 1.95 bits per heavy atom. The highest BCUT2D eigenvalue weighted by molar-refractivity contribution is 5.45. The molecule has 2 aromatic carbocycles. The van der Waals surface area contributed by atoms with Crippen LogP contribution in [0.15, 0.2) is 42.5 Å². The van der Waals surface area contributed by atoms with Crippen molar-refractivity contribution < 1.29 is 4.74 Å². The van der Waals surface area contributed by atoms with Crippen molar-refractivity contribution in [1.29, 1.82) is 0 Å². The number of hydrogen-bond acceptors (Lipinski definition) is 2. The summed E-state index contributed by atoms with van der Waals surface area (Å²) in [4.78, 5) is 0. The summed E-state index contributed by atoms with van der Waals surface area (Å²) >= 11 is 0. The molecule has 1 aliphatic rings.